The molecule has 0 bridgehead atoms. The summed E-state index contributed by atoms with van der Waals surface area (Å²) in [6, 6.07) is 14.3. The van der Waals surface area contributed by atoms with Crippen molar-refractivity contribution in [2.24, 2.45) is 0 Å². The summed E-state index contributed by atoms with van der Waals surface area (Å²) in [6.45, 7) is 4.10. The van der Waals surface area contributed by atoms with E-state index >= 15 is 0 Å². The maximum absolute atomic E-state index is 12.2. The second-order valence-corrected chi connectivity index (χ2v) is 7.04. The number of carbonyl (C=O) groups excluding carboxylic acids is 1. The molecule has 1 heterocycles. The Hall–Kier alpha value is -1.94. The van der Waals surface area contributed by atoms with Crippen LogP contribution in [0.3, 0.4) is 0 Å². The predicted octanol–water partition coefficient (Wildman–Crippen LogP) is 4.04. The zero-order chi connectivity index (χ0) is 16.2. The maximum atomic E-state index is 12.2. The van der Waals surface area contributed by atoms with Gasteiger partial charge in [-0.1, -0.05) is 24.3 Å². The van der Waals surface area contributed by atoms with Gasteiger partial charge in [-0.2, -0.15) is 0 Å². The van der Waals surface area contributed by atoms with Crippen LogP contribution >= 0.6 is 11.8 Å². The molecule has 2 aromatic rings. The standard InChI is InChI=1S/C19H21NO2S/c1-13-9-14(2)11-15(10-13)22-12-19(21)20-17-7-8-23-18-6-4-3-5-16(17)18/h3-6,9-11,17H,7-8,12H2,1-2H3,(H,20,21). The normalized spacial score (nSPS) is 16.5. The average molecular weight is 327 g/mol. The van der Waals surface area contributed by atoms with Crippen molar-refractivity contribution >= 4 is 17.7 Å². The van der Waals surface area contributed by atoms with Gasteiger partial charge in [0.05, 0.1) is 6.04 Å². The van der Waals surface area contributed by atoms with Crippen LogP contribution in [0.25, 0.3) is 0 Å². The lowest BCUT2D eigenvalue weighted by Gasteiger charge is -2.25. The van der Waals surface area contributed by atoms with Crippen molar-refractivity contribution in [1.82, 2.24) is 5.32 Å². The van der Waals surface area contributed by atoms with Gasteiger partial charge in [0.15, 0.2) is 6.61 Å². The lowest BCUT2D eigenvalue weighted by molar-refractivity contribution is -0.123. The number of benzene rings is 2. The van der Waals surface area contributed by atoms with Crippen molar-refractivity contribution in [3.05, 3.63) is 59.2 Å². The van der Waals surface area contributed by atoms with Gasteiger partial charge in [0.2, 0.25) is 0 Å². The Balaban J connectivity index is 1.60. The third kappa shape index (κ3) is 4.08. The molecule has 1 N–H and O–H groups in total. The number of hydrogen-bond acceptors (Lipinski definition) is 3. The first kappa shape index (κ1) is 15.9. The first-order valence-electron chi connectivity index (χ1n) is 7.84. The van der Waals surface area contributed by atoms with Crippen molar-refractivity contribution in [1.29, 1.82) is 0 Å². The van der Waals surface area contributed by atoms with E-state index in [4.69, 9.17) is 4.74 Å². The van der Waals surface area contributed by atoms with E-state index in [1.165, 1.54) is 10.5 Å². The van der Waals surface area contributed by atoms with Crippen LogP contribution in [0.5, 0.6) is 5.75 Å². The Kier molecular flexibility index (Phi) is 4.91. The molecule has 0 saturated heterocycles. The summed E-state index contributed by atoms with van der Waals surface area (Å²) >= 11 is 1.85. The molecule has 0 radical (unpaired) electrons. The molecule has 0 spiro atoms. The van der Waals surface area contributed by atoms with Gasteiger partial charge in [-0.25, -0.2) is 0 Å². The Morgan fingerprint density at radius 3 is 2.74 bits per heavy atom. The zero-order valence-electron chi connectivity index (χ0n) is 13.5. The number of fused-ring (bicyclic) bond motifs is 1. The van der Waals surface area contributed by atoms with Crippen LogP contribution in [0.2, 0.25) is 0 Å². The largest absolute Gasteiger partial charge is 0.484 e. The predicted molar refractivity (Wildman–Crippen MR) is 94.1 cm³/mol. The summed E-state index contributed by atoms with van der Waals surface area (Å²) in [4.78, 5) is 13.5. The number of carbonyl (C=O) groups is 1. The highest BCUT2D eigenvalue weighted by molar-refractivity contribution is 7.99. The van der Waals surface area contributed by atoms with Crippen LogP contribution < -0.4 is 10.1 Å². The molecule has 3 nitrogen and oxygen atoms in total. The molecular weight excluding hydrogens is 306 g/mol. The molecule has 2 aromatic carbocycles. The summed E-state index contributed by atoms with van der Waals surface area (Å²) in [5.74, 6) is 1.70. The van der Waals surface area contributed by atoms with Gasteiger partial charge in [-0.3, -0.25) is 4.79 Å². The highest BCUT2D eigenvalue weighted by Crippen LogP contribution is 2.35. The molecule has 23 heavy (non-hydrogen) atoms. The van der Waals surface area contributed by atoms with E-state index in [1.807, 2.05) is 49.9 Å². The van der Waals surface area contributed by atoms with Crippen molar-refractivity contribution < 1.29 is 9.53 Å². The van der Waals surface area contributed by atoms with Crippen molar-refractivity contribution in [3.63, 3.8) is 0 Å². The van der Waals surface area contributed by atoms with Crippen LogP contribution in [0.1, 0.15) is 29.2 Å². The molecule has 3 rings (SSSR count). The van der Waals surface area contributed by atoms with Gasteiger partial charge in [0, 0.05) is 10.6 Å². The number of amides is 1. The smallest absolute Gasteiger partial charge is 0.258 e. The summed E-state index contributed by atoms with van der Waals surface area (Å²) in [5, 5.41) is 3.10. The van der Waals surface area contributed by atoms with Crippen molar-refractivity contribution in [2.45, 2.75) is 31.2 Å². The van der Waals surface area contributed by atoms with Gasteiger partial charge >= 0.3 is 0 Å². The second-order valence-electron chi connectivity index (χ2n) is 5.91. The molecule has 1 amide bonds. The van der Waals surface area contributed by atoms with Crippen LogP contribution in [0.4, 0.5) is 0 Å². The van der Waals surface area contributed by atoms with Crippen LogP contribution in [-0.4, -0.2) is 18.3 Å². The molecule has 1 aliphatic rings. The topological polar surface area (TPSA) is 38.3 Å². The molecular formula is C19H21NO2S. The summed E-state index contributed by atoms with van der Waals surface area (Å²) in [7, 11) is 0. The van der Waals surface area contributed by atoms with E-state index in [1.54, 1.807) is 0 Å². The third-order valence-corrected chi connectivity index (χ3v) is 4.98. The number of ether oxygens (including phenoxy) is 1. The Morgan fingerprint density at radius 1 is 1.22 bits per heavy atom. The maximum Gasteiger partial charge on any atom is 0.258 e. The molecule has 1 aliphatic heterocycles. The van der Waals surface area contributed by atoms with Crippen molar-refractivity contribution in [3.8, 4) is 5.75 Å². The van der Waals surface area contributed by atoms with Crippen LogP contribution in [0, 0.1) is 13.8 Å². The van der Waals surface area contributed by atoms with Gasteiger partial charge in [0.25, 0.3) is 5.91 Å². The highest BCUT2D eigenvalue weighted by Gasteiger charge is 2.21. The first-order chi connectivity index (χ1) is 11.1. The van der Waals surface area contributed by atoms with E-state index in [-0.39, 0.29) is 18.6 Å². The number of hydrogen-bond donors (Lipinski definition) is 1. The minimum absolute atomic E-state index is 0.0503. The second kappa shape index (κ2) is 7.09. The van der Waals surface area contributed by atoms with Gasteiger partial charge in [-0.15, -0.1) is 11.8 Å². The number of aryl methyl sites for hydroxylation is 2. The molecule has 1 atom stereocenters. The molecule has 0 saturated carbocycles. The first-order valence-corrected chi connectivity index (χ1v) is 8.82. The highest BCUT2D eigenvalue weighted by atomic mass is 32.2. The fourth-order valence-corrected chi connectivity index (χ4v) is 4.02. The minimum Gasteiger partial charge on any atom is -0.484 e. The monoisotopic (exact) mass is 327 g/mol. The van der Waals surface area contributed by atoms with Crippen molar-refractivity contribution in [2.75, 3.05) is 12.4 Å². The molecule has 0 aliphatic carbocycles. The molecule has 120 valence electrons. The zero-order valence-corrected chi connectivity index (χ0v) is 14.3. The van der Waals surface area contributed by atoms with Gasteiger partial charge in [0.1, 0.15) is 5.75 Å². The quantitative estimate of drug-likeness (QED) is 0.921. The number of nitrogens with one attached hydrogen (secondary N) is 1. The SMILES string of the molecule is Cc1cc(C)cc(OCC(=O)NC2CCSc3ccccc32)c1. The fourth-order valence-electron chi connectivity index (χ4n) is 2.89. The lowest BCUT2D eigenvalue weighted by atomic mass is 10.0. The van der Waals surface area contributed by atoms with E-state index < -0.39 is 0 Å². The van der Waals surface area contributed by atoms with Gasteiger partial charge < -0.3 is 10.1 Å². The number of thioether (sulfide) groups is 1. The number of rotatable bonds is 4. The minimum atomic E-state index is -0.0733. The van der Waals surface area contributed by atoms with Crippen LogP contribution in [0.15, 0.2) is 47.4 Å². The summed E-state index contributed by atoms with van der Waals surface area (Å²) in [5.41, 5.74) is 3.49. The van der Waals surface area contributed by atoms with Gasteiger partial charge in [-0.05, 0) is 55.2 Å². The molecule has 1 unspecified atom stereocenters. The summed E-state index contributed by atoms with van der Waals surface area (Å²) < 4.78 is 5.64. The molecule has 4 heteroatoms. The molecule has 0 aromatic heterocycles. The van der Waals surface area contributed by atoms with E-state index in [9.17, 15) is 4.79 Å². The van der Waals surface area contributed by atoms with Crippen LogP contribution in [-0.2, 0) is 4.79 Å². The fraction of sp³-hybridized carbons (Fsp3) is 0.316. The van der Waals surface area contributed by atoms with E-state index in [2.05, 4.69) is 23.5 Å². The lowest BCUT2D eigenvalue weighted by Crippen LogP contribution is -2.34. The molecule has 0 fully saturated rings. The van der Waals surface area contributed by atoms with E-state index in [0.29, 0.717) is 0 Å². The summed E-state index contributed by atoms with van der Waals surface area (Å²) in [6.07, 6.45) is 0.955. The van der Waals surface area contributed by atoms with E-state index in [0.717, 1.165) is 29.1 Å². The average Bonchev–Trinajstić information content (AvgIpc) is 2.52. The Labute approximate surface area is 141 Å². The Morgan fingerprint density at radius 2 is 1.96 bits per heavy atom. The third-order valence-electron chi connectivity index (χ3n) is 3.86. The Bertz CT molecular complexity index is 694.